The number of rotatable bonds is 6. The van der Waals surface area contributed by atoms with Crippen molar-refractivity contribution in [1.29, 1.82) is 0 Å². The van der Waals surface area contributed by atoms with Crippen LogP contribution in [0.2, 0.25) is 0 Å². The first kappa shape index (κ1) is 19.7. The Morgan fingerprint density at radius 2 is 1.79 bits per heavy atom. The van der Waals surface area contributed by atoms with Crippen molar-refractivity contribution in [2.45, 2.75) is 42.5 Å². The molecule has 2 fully saturated rings. The van der Waals surface area contributed by atoms with Gasteiger partial charge in [-0.25, -0.2) is 17.6 Å². The normalized spacial score (nSPS) is 24.6. The zero-order chi connectivity index (χ0) is 19.9. The highest BCUT2D eigenvalue weighted by Gasteiger charge is 2.53. The smallest absolute Gasteiger partial charge is 0.277 e. The number of alkyl halides is 2. The van der Waals surface area contributed by atoms with Crippen molar-refractivity contribution in [3.63, 3.8) is 0 Å². The Bertz CT molecular complexity index is 856. The number of nitrogens with one attached hydrogen (secondary N) is 1. The van der Waals surface area contributed by atoms with Crippen LogP contribution in [-0.2, 0) is 6.42 Å². The summed E-state index contributed by atoms with van der Waals surface area (Å²) in [5.74, 6) is -3.95. The number of likely N-dealkylation sites (tertiary alicyclic amines) is 1. The first-order chi connectivity index (χ1) is 13.4. The topological polar surface area (TPSA) is 15.3 Å². The lowest BCUT2D eigenvalue weighted by Crippen LogP contribution is -2.47. The van der Waals surface area contributed by atoms with E-state index in [4.69, 9.17) is 0 Å². The summed E-state index contributed by atoms with van der Waals surface area (Å²) in [6, 6.07) is 9.14. The summed E-state index contributed by atoms with van der Waals surface area (Å²) in [6.07, 6.45) is 2.20. The molecule has 1 N–H and O–H groups in total. The van der Waals surface area contributed by atoms with Crippen molar-refractivity contribution >= 4 is 11.9 Å². The van der Waals surface area contributed by atoms with Crippen LogP contribution in [0.25, 0.3) is 11.1 Å². The fourth-order valence-corrected chi connectivity index (χ4v) is 4.77. The molecule has 0 amide bonds. The van der Waals surface area contributed by atoms with Gasteiger partial charge in [-0.3, -0.25) is 9.62 Å². The average Bonchev–Trinajstić information content (AvgIpc) is 3.43. The van der Waals surface area contributed by atoms with Gasteiger partial charge in [0.15, 0.2) is 0 Å². The van der Waals surface area contributed by atoms with E-state index in [2.05, 4.69) is 4.72 Å². The summed E-state index contributed by atoms with van der Waals surface area (Å²) in [5, 5.41) is 0.392. The van der Waals surface area contributed by atoms with Crippen molar-refractivity contribution in [2.75, 3.05) is 13.6 Å². The molecule has 0 spiro atoms. The molecule has 1 heterocycles. The average molecular weight is 410 g/mol. The zero-order valence-electron chi connectivity index (χ0n) is 15.5. The fraction of sp³-hybridized carbons (Fsp3) is 0.429. The predicted octanol–water partition coefficient (Wildman–Crippen LogP) is 4.89. The Balaban J connectivity index is 1.60. The Kier molecular flexibility index (Phi) is 5.42. The first-order valence-electron chi connectivity index (χ1n) is 9.38. The van der Waals surface area contributed by atoms with Gasteiger partial charge in [0.25, 0.3) is 5.92 Å². The number of hydrogen-bond acceptors (Lipinski definition) is 3. The molecule has 1 saturated carbocycles. The van der Waals surface area contributed by atoms with Crippen LogP contribution in [0.1, 0.15) is 18.4 Å². The van der Waals surface area contributed by atoms with E-state index >= 15 is 4.39 Å². The minimum absolute atomic E-state index is 0.128. The van der Waals surface area contributed by atoms with Gasteiger partial charge in [-0.05, 0) is 37.9 Å². The van der Waals surface area contributed by atoms with Gasteiger partial charge in [0.1, 0.15) is 11.6 Å². The number of benzene rings is 2. The second-order valence-electron chi connectivity index (χ2n) is 7.62. The van der Waals surface area contributed by atoms with E-state index in [-0.39, 0.29) is 24.1 Å². The van der Waals surface area contributed by atoms with Crippen molar-refractivity contribution in [1.82, 2.24) is 9.62 Å². The lowest BCUT2D eigenvalue weighted by atomic mass is 9.95. The van der Waals surface area contributed by atoms with Gasteiger partial charge >= 0.3 is 0 Å². The molecular formula is C21H22F4N2S. The van der Waals surface area contributed by atoms with Crippen molar-refractivity contribution < 1.29 is 17.6 Å². The summed E-state index contributed by atoms with van der Waals surface area (Å²) in [5.41, 5.74) is 0.643. The molecular weight excluding hydrogens is 388 g/mol. The highest BCUT2D eigenvalue weighted by atomic mass is 32.2. The zero-order valence-corrected chi connectivity index (χ0v) is 16.3. The maximum atomic E-state index is 15.2. The second kappa shape index (κ2) is 7.69. The predicted molar refractivity (Wildman–Crippen MR) is 104 cm³/mol. The van der Waals surface area contributed by atoms with Crippen LogP contribution < -0.4 is 4.72 Å². The minimum Gasteiger partial charge on any atom is -0.295 e. The Hall–Kier alpha value is -1.57. The van der Waals surface area contributed by atoms with Gasteiger partial charge in [0.2, 0.25) is 0 Å². The fourth-order valence-electron chi connectivity index (χ4n) is 3.73. The number of halogens is 4. The van der Waals surface area contributed by atoms with Crippen LogP contribution in [0.5, 0.6) is 0 Å². The van der Waals surface area contributed by atoms with E-state index in [1.165, 1.54) is 30.1 Å². The molecule has 7 heteroatoms. The molecule has 2 aromatic rings. The van der Waals surface area contributed by atoms with E-state index in [1.807, 2.05) is 0 Å². The third kappa shape index (κ3) is 3.93. The molecule has 1 aliphatic carbocycles. The maximum Gasteiger partial charge on any atom is 0.277 e. The molecule has 1 saturated heterocycles. The monoisotopic (exact) mass is 410 g/mol. The van der Waals surface area contributed by atoms with Crippen LogP contribution >= 0.6 is 11.9 Å². The molecule has 2 aliphatic rings. The summed E-state index contributed by atoms with van der Waals surface area (Å²) in [4.78, 5) is 1.58. The van der Waals surface area contributed by atoms with Gasteiger partial charge < -0.3 is 0 Å². The van der Waals surface area contributed by atoms with Gasteiger partial charge in [-0.2, -0.15) is 0 Å². The van der Waals surface area contributed by atoms with Crippen molar-refractivity contribution in [3.8, 4) is 11.1 Å². The van der Waals surface area contributed by atoms with E-state index in [0.717, 1.165) is 12.8 Å². The molecule has 2 atom stereocenters. The lowest BCUT2D eigenvalue weighted by Gasteiger charge is -2.27. The van der Waals surface area contributed by atoms with E-state index < -0.39 is 29.6 Å². The highest BCUT2D eigenvalue weighted by Crippen LogP contribution is 2.39. The van der Waals surface area contributed by atoms with Gasteiger partial charge in [0, 0.05) is 22.4 Å². The van der Waals surface area contributed by atoms with Crippen molar-refractivity contribution in [3.05, 3.63) is 59.7 Å². The number of likely N-dealkylation sites (N-methyl/N-ethyl adjacent to an activating group) is 1. The highest BCUT2D eigenvalue weighted by molar-refractivity contribution is 7.98. The summed E-state index contributed by atoms with van der Waals surface area (Å²) in [6.45, 7) is -0.366. The molecule has 2 aromatic carbocycles. The van der Waals surface area contributed by atoms with Crippen LogP contribution in [-0.4, -0.2) is 41.7 Å². The largest absolute Gasteiger partial charge is 0.295 e. The Morgan fingerprint density at radius 3 is 2.50 bits per heavy atom. The standard InChI is InChI=1S/C21H22F4N2S/c1-27-12-21(24,25)20(26-28-14-9-10-14)18(27)11-13-5-4-7-16(19(13)23)15-6-2-3-8-17(15)22/h2-8,14,18,20,26H,9-12H2,1H3. The van der Waals surface area contributed by atoms with Gasteiger partial charge in [-0.15, -0.1) is 0 Å². The molecule has 0 bridgehead atoms. The Morgan fingerprint density at radius 1 is 1.07 bits per heavy atom. The SMILES string of the molecule is CN1CC(F)(F)C(NSC2CC2)C1Cc1cccc(-c2ccccc2F)c1F. The number of nitrogens with zero attached hydrogens (tertiary/aromatic N) is 1. The van der Waals surface area contributed by atoms with Gasteiger partial charge in [-0.1, -0.05) is 48.3 Å². The molecule has 4 rings (SSSR count). The maximum absolute atomic E-state index is 15.2. The molecule has 150 valence electrons. The Labute approximate surface area is 166 Å². The quantitative estimate of drug-likeness (QED) is 0.539. The van der Waals surface area contributed by atoms with Crippen LogP contribution in [0, 0.1) is 11.6 Å². The summed E-state index contributed by atoms with van der Waals surface area (Å²) in [7, 11) is 1.64. The third-order valence-electron chi connectivity index (χ3n) is 5.42. The molecule has 1 aliphatic heterocycles. The molecule has 0 aromatic heterocycles. The number of hydrogen-bond donors (Lipinski definition) is 1. The molecule has 2 nitrogen and oxygen atoms in total. The summed E-state index contributed by atoms with van der Waals surface area (Å²) < 4.78 is 61.3. The van der Waals surface area contributed by atoms with Crippen LogP contribution in [0.4, 0.5) is 17.6 Å². The third-order valence-corrected chi connectivity index (χ3v) is 6.62. The van der Waals surface area contributed by atoms with E-state index in [9.17, 15) is 13.2 Å². The molecule has 2 unspecified atom stereocenters. The van der Waals surface area contributed by atoms with Crippen LogP contribution in [0.3, 0.4) is 0 Å². The van der Waals surface area contributed by atoms with E-state index in [1.54, 1.807) is 36.2 Å². The van der Waals surface area contributed by atoms with E-state index in [0.29, 0.717) is 10.8 Å². The lowest BCUT2D eigenvalue weighted by molar-refractivity contribution is -0.00426. The van der Waals surface area contributed by atoms with Crippen molar-refractivity contribution in [2.24, 2.45) is 0 Å². The van der Waals surface area contributed by atoms with Gasteiger partial charge in [0.05, 0.1) is 12.6 Å². The second-order valence-corrected chi connectivity index (χ2v) is 8.76. The molecule has 28 heavy (non-hydrogen) atoms. The summed E-state index contributed by atoms with van der Waals surface area (Å²) >= 11 is 1.36. The minimum atomic E-state index is -2.89. The first-order valence-corrected chi connectivity index (χ1v) is 10.3. The van der Waals surface area contributed by atoms with Crippen LogP contribution in [0.15, 0.2) is 42.5 Å². The molecule has 0 radical (unpaired) electrons.